The Morgan fingerprint density at radius 1 is 1.12 bits per heavy atom. The molecule has 3 aromatic rings. The Bertz CT molecular complexity index is 843. The minimum atomic E-state index is -0.201. The molecule has 24 heavy (non-hydrogen) atoms. The first-order valence-electron chi connectivity index (χ1n) is 7.38. The van der Waals surface area contributed by atoms with Crippen LogP contribution in [-0.4, -0.2) is 35.0 Å². The molecule has 0 radical (unpaired) electrons. The van der Waals surface area contributed by atoms with Crippen molar-refractivity contribution in [1.82, 2.24) is 15.0 Å². The summed E-state index contributed by atoms with van der Waals surface area (Å²) in [7, 11) is 3.72. The zero-order valence-electron chi connectivity index (χ0n) is 13.6. The van der Waals surface area contributed by atoms with Crippen molar-refractivity contribution in [1.29, 1.82) is 0 Å². The van der Waals surface area contributed by atoms with Crippen LogP contribution < -0.4 is 10.2 Å². The Morgan fingerprint density at radius 3 is 2.42 bits per heavy atom. The van der Waals surface area contributed by atoms with Gasteiger partial charge in [-0.1, -0.05) is 30.3 Å². The molecule has 1 amide bonds. The Morgan fingerprint density at radius 2 is 1.79 bits per heavy atom. The van der Waals surface area contributed by atoms with E-state index in [1.54, 1.807) is 17.3 Å². The molecule has 2 heterocycles. The quantitative estimate of drug-likeness (QED) is 0.790. The van der Waals surface area contributed by atoms with Crippen molar-refractivity contribution < 1.29 is 4.79 Å². The zero-order valence-corrected chi connectivity index (χ0v) is 14.5. The summed E-state index contributed by atoms with van der Waals surface area (Å²) in [4.78, 5) is 27.8. The molecule has 1 aromatic carbocycles. The van der Waals surface area contributed by atoms with Crippen LogP contribution in [0.4, 0.5) is 11.6 Å². The number of hydrogen-bond acceptors (Lipinski definition) is 6. The smallest absolute Gasteiger partial charge is 0.267 e. The maximum Gasteiger partial charge on any atom is 0.267 e. The van der Waals surface area contributed by atoms with Gasteiger partial charge in [-0.15, -0.1) is 11.3 Å². The number of rotatable bonds is 4. The highest BCUT2D eigenvalue weighted by Gasteiger charge is 2.16. The predicted molar refractivity (Wildman–Crippen MR) is 96.6 cm³/mol. The van der Waals surface area contributed by atoms with Crippen LogP contribution >= 0.6 is 11.3 Å². The third-order valence-electron chi connectivity index (χ3n) is 3.32. The Hall–Kier alpha value is -2.80. The van der Waals surface area contributed by atoms with Crippen molar-refractivity contribution in [2.75, 3.05) is 24.3 Å². The first kappa shape index (κ1) is 16.1. The van der Waals surface area contributed by atoms with Gasteiger partial charge in [0, 0.05) is 19.7 Å². The summed E-state index contributed by atoms with van der Waals surface area (Å²) in [6.07, 6.45) is 3.18. The van der Waals surface area contributed by atoms with Crippen LogP contribution in [0.15, 0.2) is 42.7 Å². The Kier molecular flexibility index (Phi) is 4.52. The number of hydrogen-bond donors (Lipinski definition) is 1. The highest BCUT2D eigenvalue weighted by atomic mass is 32.1. The molecule has 3 rings (SSSR count). The first-order chi connectivity index (χ1) is 11.5. The van der Waals surface area contributed by atoms with Gasteiger partial charge in [0.2, 0.25) is 5.95 Å². The lowest BCUT2D eigenvalue weighted by molar-refractivity contribution is 0.102. The van der Waals surface area contributed by atoms with Crippen LogP contribution in [0.1, 0.15) is 15.4 Å². The van der Waals surface area contributed by atoms with Crippen molar-refractivity contribution in [3.05, 3.63) is 53.3 Å². The number of amides is 1. The molecule has 6 nitrogen and oxygen atoms in total. The molecule has 0 spiro atoms. The van der Waals surface area contributed by atoms with Crippen LogP contribution in [0.25, 0.3) is 10.6 Å². The Balaban J connectivity index is 1.79. The predicted octanol–water partition coefficient (Wildman–Crippen LogP) is 3.23. The molecule has 0 fully saturated rings. The van der Waals surface area contributed by atoms with Gasteiger partial charge in [0.15, 0.2) is 0 Å². The fraction of sp³-hybridized carbons (Fsp3) is 0.176. The van der Waals surface area contributed by atoms with Crippen molar-refractivity contribution in [2.24, 2.45) is 0 Å². The van der Waals surface area contributed by atoms with Gasteiger partial charge in [-0.2, -0.15) is 0 Å². The molecule has 0 atom stereocenters. The minimum Gasteiger partial charge on any atom is -0.347 e. The van der Waals surface area contributed by atoms with E-state index in [1.165, 1.54) is 11.3 Å². The molecule has 122 valence electrons. The standard InChI is InChI=1S/C17H17N5OS/c1-11-14(24-16(20-11)12-7-5-4-6-8-12)15(23)21-13-9-18-17(19-10-13)22(2)3/h4-10H,1-3H3,(H,21,23). The van der Waals surface area contributed by atoms with Crippen LogP contribution in [0.3, 0.4) is 0 Å². The van der Waals surface area contributed by atoms with Gasteiger partial charge in [0.1, 0.15) is 9.88 Å². The summed E-state index contributed by atoms with van der Waals surface area (Å²) in [5.41, 5.74) is 2.27. The van der Waals surface area contributed by atoms with Gasteiger partial charge < -0.3 is 10.2 Å². The van der Waals surface area contributed by atoms with E-state index in [0.717, 1.165) is 10.6 Å². The summed E-state index contributed by atoms with van der Waals surface area (Å²) in [5.74, 6) is 0.390. The molecule has 0 bridgehead atoms. The average Bonchev–Trinajstić information content (AvgIpc) is 2.98. The molecule has 0 aliphatic rings. The number of nitrogens with one attached hydrogen (secondary N) is 1. The maximum atomic E-state index is 12.5. The van der Waals surface area contributed by atoms with E-state index in [-0.39, 0.29) is 5.91 Å². The fourth-order valence-electron chi connectivity index (χ4n) is 2.12. The summed E-state index contributed by atoms with van der Waals surface area (Å²) in [6, 6.07) is 9.82. The van der Waals surface area contributed by atoms with Crippen molar-refractivity contribution >= 4 is 28.9 Å². The number of carbonyl (C=O) groups is 1. The van der Waals surface area contributed by atoms with Gasteiger partial charge in [0.25, 0.3) is 5.91 Å². The van der Waals surface area contributed by atoms with E-state index in [0.29, 0.717) is 22.2 Å². The monoisotopic (exact) mass is 339 g/mol. The SMILES string of the molecule is Cc1nc(-c2ccccc2)sc1C(=O)Nc1cnc(N(C)C)nc1. The normalized spacial score (nSPS) is 10.5. The van der Waals surface area contributed by atoms with Crippen LogP contribution in [0.5, 0.6) is 0 Å². The van der Waals surface area contributed by atoms with E-state index in [4.69, 9.17) is 0 Å². The van der Waals surface area contributed by atoms with Crippen LogP contribution in [0.2, 0.25) is 0 Å². The molecule has 1 N–H and O–H groups in total. The molecule has 0 aliphatic carbocycles. The summed E-state index contributed by atoms with van der Waals surface area (Å²) in [5, 5.41) is 3.65. The van der Waals surface area contributed by atoms with Crippen molar-refractivity contribution in [2.45, 2.75) is 6.92 Å². The maximum absolute atomic E-state index is 12.5. The second-order valence-electron chi connectivity index (χ2n) is 5.42. The summed E-state index contributed by atoms with van der Waals surface area (Å²) >= 11 is 1.38. The van der Waals surface area contributed by atoms with Gasteiger partial charge in [0.05, 0.1) is 23.8 Å². The van der Waals surface area contributed by atoms with Crippen molar-refractivity contribution in [3.63, 3.8) is 0 Å². The number of carbonyl (C=O) groups excluding carboxylic acids is 1. The molecule has 0 aliphatic heterocycles. The van der Waals surface area contributed by atoms with E-state index in [1.807, 2.05) is 51.4 Å². The topological polar surface area (TPSA) is 71.0 Å². The highest BCUT2D eigenvalue weighted by molar-refractivity contribution is 7.17. The molecule has 7 heteroatoms. The third-order valence-corrected chi connectivity index (χ3v) is 4.52. The lowest BCUT2D eigenvalue weighted by atomic mass is 10.2. The van der Waals surface area contributed by atoms with Gasteiger partial charge in [-0.3, -0.25) is 4.79 Å². The Labute approximate surface area is 144 Å². The number of aromatic nitrogens is 3. The lowest BCUT2D eigenvalue weighted by Crippen LogP contribution is -2.15. The number of nitrogens with zero attached hydrogens (tertiary/aromatic N) is 4. The lowest BCUT2D eigenvalue weighted by Gasteiger charge is -2.10. The summed E-state index contributed by atoms with van der Waals surface area (Å²) < 4.78 is 0. The minimum absolute atomic E-state index is 0.201. The van der Waals surface area contributed by atoms with E-state index in [9.17, 15) is 4.79 Å². The molecular weight excluding hydrogens is 322 g/mol. The third kappa shape index (κ3) is 3.41. The largest absolute Gasteiger partial charge is 0.347 e. The molecule has 0 unspecified atom stereocenters. The zero-order chi connectivity index (χ0) is 17.1. The second-order valence-corrected chi connectivity index (χ2v) is 6.42. The van der Waals surface area contributed by atoms with Gasteiger partial charge in [-0.05, 0) is 6.92 Å². The average molecular weight is 339 g/mol. The number of aryl methyl sites for hydroxylation is 1. The van der Waals surface area contributed by atoms with E-state index >= 15 is 0 Å². The number of anilines is 2. The second kappa shape index (κ2) is 6.76. The number of benzene rings is 1. The fourth-order valence-corrected chi connectivity index (χ4v) is 3.08. The molecule has 0 saturated heterocycles. The molecule has 2 aromatic heterocycles. The summed E-state index contributed by atoms with van der Waals surface area (Å²) in [6.45, 7) is 1.84. The molecule has 0 saturated carbocycles. The van der Waals surface area contributed by atoms with Crippen molar-refractivity contribution in [3.8, 4) is 10.6 Å². The van der Waals surface area contributed by atoms with Crippen LogP contribution in [0, 0.1) is 6.92 Å². The highest BCUT2D eigenvalue weighted by Crippen LogP contribution is 2.28. The van der Waals surface area contributed by atoms with E-state index < -0.39 is 0 Å². The van der Waals surface area contributed by atoms with Crippen LogP contribution in [-0.2, 0) is 0 Å². The van der Waals surface area contributed by atoms with Gasteiger partial charge in [-0.25, -0.2) is 15.0 Å². The first-order valence-corrected chi connectivity index (χ1v) is 8.20. The van der Waals surface area contributed by atoms with Gasteiger partial charge >= 0.3 is 0 Å². The van der Waals surface area contributed by atoms with E-state index in [2.05, 4.69) is 20.3 Å². The molecular formula is C17H17N5OS. The number of thiazole rings is 1.